The first-order chi connectivity index (χ1) is 7.80. The van der Waals surface area contributed by atoms with Gasteiger partial charge in [0.15, 0.2) is 6.29 Å². The summed E-state index contributed by atoms with van der Waals surface area (Å²) in [5.41, 5.74) is 0.584. The van der Waals surface area contributed by atoms with Gasteiger partial charge in [-0.15, -0.1) is 0 Å². The van der Waals surface area contributed by atoms with E-state index in [-0.39, 0.29) is 12.3 Å². The van der Waals surface area contributed by atoms with E-state index in [4.69, 9.17) is 14.8 Å². The zero-order valence-corrected chi connectivity index (χ0v) is 8.71. The summed E-state index contributed by atoms with van der Waals surface area (Å²) in [6.45, 7) is 0.197. The number of rotatable bonds is 5. The van der Waals surface area contributed by atoms with Crippen molar-refractivity contribution in [3.8, 4) is 11.8 Å². The molecule has 0 fully saturated rings. The van der Waals surface area contributed by atoms with E-state index in [0.29, 0.717) is 6.29 Å². The van der Waals surface area contributed by atoms with Crippen molar-refractivity contribution < 1.29 is 14.4 Å². The number of nitriles is 1. The van der Waals surface area contributed by atoms with Crippen LogP contribution in [0.1, 0.15) is 5.56 Å². The molecule has 0 amide bonds. The van der Waals surface area contributed by atoms with Crippen molar-refractivity contribution >= 4 is 12.0 Å². The number of methoxy groups -OCH3 is 1. The van der Waals surface area contributed by atoms with Crippen molar-refractivity contribution in [1.82, 2.24) is 0 Å². The fraction of sp³-hybridized carbons (Fsp3) is 0.182. The van der Waals surface area contributed by atoms with Crippen LogP contribution in [0, 0.1) is 11.3 Å². The zero-order chi connectivity index (χ0) is 11.8. The summed E-state index contributed by atoms with van der Waals surface area (Å²) in [6, 6.07) is 8.78. The van der Waals surface area contributed by atoms with Crippen LogP contribution in [0.4, 0.5) is 0 Å². The molecule has 0 radical (unpaired) electrons. The summed E-state index contributed by atoms with van der Waals surface area (Å²) in [5.74, 6) is 0.748. The van der Waals surface area contributed by atoms with E-state index < -0.39 is 0 Å². The van der Waals surface area contributed by atoms with Crippen LogP contribution >= 0.6 is 0 Å². The highest BCUT2D eigenvalue weighted by atomic mass is 16.6. The number of hydrogen-bond donors (Lipinski definition) is 0. The maximum atomic E-state index is 10.2. The molecule has 0 aliphatic heterocycles. The van der Waals surface area contributed by atoms with Gasteiger partial charge in [0.05, 0.1) is 7.11 Å². The quantitative estimate of drug-likeness (QED) is 0.424. The monoisotopic (exact) mass is 218 g/mol. The van der Waals surface area contributed by atoms with Gasteiger partial charge in [-0.25, -0.2) is 0 Å². The normalized spacial score (nSPS) is 10.4. The van der Waals surface area contributed by atoms with Gasteiger partial charge in [-0.05, 0) is 17.7 Å². The Morgan fingerprint density at radius 2 is 2.19 bits per heavy atom. The number of carbonyl (C=O) groups is 1. The van der Waals surface area contributed by atoms with Gasteiger partial charge in [-0.2, -0.15) is 5.26 Å². The minimum Gasteiger partial charge on any atom is -0.497 e. The molecule has 0 spiro atoms. The predicted octanol–water partition coefficient (Wildman–Crippen LogP) is 1.29. The molecule has 1 aromatic rings. The largest absolute Gasteiger partial charge is 0.497 e. The van der Waals surface area contributed by atoms with Crippen LogP contribution < -0.4 is 4.74 Å². The van der Waals surface area contributed by atoms with E-state index in [2.05, 4.69) is 5.16 Å². The Morgan fingerprint density at radius 3 is 2.69 bits per heavy atom. The van der Waals surface area contributed by atoms with Gasteiger partial charge in [0.25, 0.3) is 0 Å². The van der Waals surface area contributed by atoms with Crippen molar-refractivity contribution in [3.63, 3.8) is 0 Å². The summed E-state index contributed by atoms with van der Waals surface area (Å²) in [4.78, 5) is 15.0. The van der Waals surface area contributed by atoms with Crippen LogP contribution in [0.2, 0.25) is 0 Å². The smallest absolute Gasteiger partial charge is 0.219 e. The van der Waals surface area contributed by atoms with Gasteiger partial charge in [0.2, 0.25) is 5.71 Å². The summed E-state index contributed by atoms with van der Waals surface area (Å²) in [5, 5.41) is 11.7. The molecule has 5 nitrogen and oxygen atoms in total. The molecule has 0 unspecified atom stereocenters. The number of ether oxygens (including phenoxy) is 1. The highest BCUT2D eigenvalue weighted by Gasteiger charge is 1.96. The van der Waals surface area contributed by atoms with Crippen molar-refractivity contribution in [1.29, 1.82) is 5.26 Å². The summed E-state index contributed by atoms with van der Waals surface area (Å²) in [7, 11) is 1.58. The first-order valence-electron chi connectivity index (χ1n) is 4.48. The van der Waals surface area contributed by atoms with Gasteiger partial charge < -0.3 is 9.57 Å². The third kappa shape index (κ3) is 3.42. The molecule has 1 aromatic carbocycles. The lowest BCUT2D eigenvalue weighted by Crippen LogP contribution is -1.97. The third-order valence-corrected chi connectivity index (χ3v) is 1.78. The van der Waals surface area contributed by atoms with Crippen LogP contribution in [0.15, 0.2) is 29.4 Å². The van der Waals surface area contributed by atoms with E-state index in [1.54, 1.807) is 37.4 Å². The minimum atomic E-state index is -0.284. The number of nitrogens with zero attached hydrogens (tertiary/aromatic N) is 2. The second-order valence-electron chi connectivity index (χ2n) is 2.83. The van der Waals surface area contributed by atoms with Crippen molar-refractivity contribution in [2.45, 2.75) is 6.61 Å². The Morgan fingerprint density at radius 1 is 1.50 bits per heavy atom. The molecule has 5 heteroatoms. The minimum absolute atomic E-state index is 0.197. The molecule has 0 saturated heterocycles. The van der Waals surface area contributed by atoms with Gasteiger partial charge in [-0.1, -0.05) is 17.3 Å². The molecule has 0 aliphatic carbocycles. The maximum absolute atomic E-state index is 10.2. The average Bonchev–Trinajstić information content (AvgIpc) is 2.35. The molecule has 0 bridgehead atoms. The summed E-state index contributed by atoms with van der Waals surface area (Å²) in [6.07, 6.45) is 0.341. The molecule has 0 aromatic heterocycles. The lowest BCUT2D eigenvalue weighted by Gasteiger charge is -2.01. The lowest BCUT2D eigenvalue weighted by atomic mass is 10.2. The Bertz CT molecular complexity index is 418. The van der Waals surface area contributed by atoms with Crippen LogP contribution in [-0.4, -0.2) is 19.1 Å². The fourth-order valence-electron chi connectivity index (χ4n) is 0.966. The van der Waals surface area contributed by atoms with E-state index >= 15 is 0 Å². The Kier molecular flexibility index (Phi) is 4.54. The number of oxime groups is 1. The van der Waals surface area contributed by atoms with Gasteiger partial charge >= 0.3 is 0 Å². The zero-order valence-electron chi connectivity index (χ0n) is 8.71. The topological polar surface area (TPSA) is 71.7 Å². The highest BCUT2D eigenvalue weighted by molar-refractivity contribution is 6.35. The SMILES string of the molecule is COc1ccc(CO/N=C(/C#N)C=O)cc1. The molecule has 0 heterocycles. The standard InChI is InChI=1S/C11H10N2O3/c1-15-11-4-2-9(3-5-11)8-16-13-10(6-12)7-14/h2-5,7H,8H2,1H3/b13-10-. The van der Waals surface area contributed by atoms with E-state index in [9.17, 15) is 4.79 Å². The highest BCUT2D eigenvalue weighted by Crippen LogP contribution is 2.11. The van der Waals surface area contributed by atoms with Crippen molar-refractivity contribution in [2.24, 2.45) is 5.16 Å². The van der Waals surface area contributed by atoms with E-state index in [1.165, 1.54) is 0 Å². The van der Waals surface area contributed by atoms with E-state index in [0.717, 1.165) is 11.3 Å². The van der Waals surface area contributed by atoms with Gasteiger partial charge in [0.1, 0.15) is 18.4 Å². The van der Waals surface area contributed by atoms with E-state index in [1.807, 2.05) is 0 Å². The van der Waals surface area contributed by atoms with Crippen LogP contribution in [-0.2, 0) is 16.2 Å². The van der Waals surface area contributed by atoms with Crippen molar-refractivity contribution in [2.75, 3.05) is 7.11 Å². The number of aldehydes is 1. The molecule has 0 aliphatic rings. The molecule has 1 rings (SSSR count). The maximum Gasteiger partial charge on any atom is 0.219 e. The Labute approximate surface area is 92.9 Å². The fourth-order valence-corrected chi connectivity index (χ4v) is 0.966. The summed E-state index contributed by atoms with van der Waals surface area (Å²) < 4.78 is 4.99. The second kappa shape index (κ2) is 6.19. The van der Waals surface area contributed by atoms with Crippen LogP contribution in [0.25, 0.3) is 0 Å². The Balaban J connectivity index is 2.52. The molecule has 16 heavy (non-hydrogen) atoms. The second-order valence-corrected chi connectivity index (χ2v) is 2.83. The molecular formula is C11H10N2O3. The lowest BCUT2D eigenvalue weighted by molar-refractivity contribution is -0.102. The number of carbonyl (C=O) groups excluding carboxylic acids is 1. The molecule has 0 atom stereocenters. The van der Waals surface area contributed by atoms with Gasteiger partial charge in [0, 0.05) is 0 Å². The first kappa shape index (κ1) is 11.7. The first-order valence-corrected chi connectivity index (χ1v) is 4.48. The predicted molar refractivity (Wildman–Crippen MR) is 56.9 cm³/mol. The van der Waals surface area contributed by atoms with Crippen molar-refractivity contribution in [3.05, 3.63) is 29.8 Å². The number of benzene rings is 1. The average molecular weight is 218 g/mol. The molecular weight excluding hydrogens is 208 g/mol. The van der Waals surface area contributed by atoms with Crippen LogP contribution in [0.5, 0.6) is 5.75 Å². The molecule has 0 saturated carbocycles. The Hall–Kier alpha value is -2.35. The van der Waals surface area contributed by atoms with Gasteiger partial charge in [-0.3, -0.25) is 4.79 Å². The third-order valence-electron chi connectivity index (χ3n) is 1.78. The van der Waals surface area contributed by atoms with Crippen LogP contribution in [0.3, 0.4) is 0 Å². The summed E-state index contributed by atoms with van der Waals surface area (Å²) >= 11 is 0. The molecule has 0 N–H and O–H groups in total. The number of hydrogen-bond acceptors (Lipinski definition) is 5. The molecule has 82 valence electrons.